The second kappa shape index (κ2) is 9.56. The zero-order chi connectivity index (χ0) is 22.6. The lowest BCUT2D eigenvalue weighted by Crippen LogP contribution is -2.11. The van der Waals surface area contributed by atoms with Gasteiger partial charge in [-0.05, 0) is 60.5 Å². The number of allylic oxidation sites excluding steroid dienone is 1. The van der Waals surface area contributed by atoms with Gasteiger partial charge in [-0.3, -0.25) is 0 Å². The third-order valence-corrected chi connectivity index (χ3v) is 6.39. The van der Waals surface area contributed by atoms with Crippen molar-refractivity contribution < 1.29 is 17.3 Å². The zero-order valence-electron chi connectivity index (χ0n) is 16.6. The van der Waals surface area contributed by atoms with Gasteiger partial charge >= 0.3 is 10.1 Å². The largest absolute Gasteiger partial charge is 0.493 e. The van der Waals surface area contributed by atoms with Crippen molar-refractivity contribution in [3.63, 3.8) is 0 Å². The highest BCUT2D eigenvalue weighted by Crippen LogP contribution is 2.39. The van der Waals surface area contributed by atoms with E-state index >= 15 is 0 Å². The van der Waals surface area contributed by atoms with Crippen LogP contribution in [-0.2, 0) is 10.1 Å². The van der Waals surface area contributed by atoms with Gasteiger partial charge in [0.05, 0.1) is 23.8 Å². The molecule has 31 heavy (non-hydrogen) atoms. The summed E-state index contributed by atoms with van der Waals surface area (Å²) in [4.78, 5) is 0.00203. The fraction of sp³-hybridized carbons (Fsp3) is 0.0870. The summed E-state index contributed by atoms with van der Waals surface area (Å²) < 4.78 is 36.8. The number of hydrogen-bond donors (Lipinski definition) is 0. The number of benzene rings is 3. The predicted molar refractivity (Wildman–Crippen MR) is 125 cm³/mol. The topological polar surface area (TPSA) is 76.4 Å². The average molecular weight is 519 g/mol. The highest BCUT2D eigenvalue weighted by Gasteiger charge is 2.22. The Labute approximate surface area is 194 Å². The van der Waals surface area contributed by atoms with Gasteiger partial charge in [0, 0.05) is 4.47 Å². The Morgan fingerprint density at radius 2 is 1.74 bits per heavy atom. The molecular weight excluding hydrogens is 502 g/mol. The van der Waals surface area contributed by atoms with Crippen LogP contribution >= 0.6 is 27.5 Å². The standard InChI is InChI=1S/C23H17BrClNO4S/c1-15-3-9-20(10-4-15)31(27,28)30-23-21(25)12-16(13-22(23)29-2)11-18(14-26)17-5-7-19(24)8-6-17/h3-13H,1-2H3/b18-11+. The molecule has 158 valence electrons. The normalized spacial score (nSPS) is 11.6. The molecule has 0 N–H and O–H groups in total. The number of hydrogen-bond acceptors (Lipinski definition) is 5. The monoisotopic (exact) mass is 517 g/mol. The van der Waals surface area contributed by atoms with Gasteiger partial charge in [0.15, 0.2) is 5.75 Å². The zero-order valence-corrected chi connectivity index (χ0v) is 19.8. The lowest BCUT2D eigenvalue weighted by atomic mass is 10.0. The fourth-order valence-electron chi connectivity index (χ4n) is 2.74. The molecule has 0 aliphatic heterocycles. The van der Waals surface area contributed by atoms with Gasteiger partial charge in [-0.25, -0.2) is 0 Å². The Balaban J connectivity index is 1.99. The molecular formula is C23H17BrClNO4S. The molecule has 0 heterocycles. The summed E-state index contributed by atoms with van der Waals surface area (Å²) in [5.41, 5.74) is 2.61. The maximum atomic E-state index is 12.7. The van der Waals surface area contributed by atoms with Crippen molar-refractivity contribution in [2.45, 2.75) is 11.8 Å². The van der Waals surface area contributed by atoms with E-state index in [1.807, 2.05) is 31.2 Å². The van der Waals surface area contributed by atoms with E-state index in [2.05, 4.69) is 22.0 Å². The molecule has 0 bridgehead atoms. The number of nitrogens with zero attached hydrogens (tertiary/aromatic N) is 1. The Morgan fingerprint density at radius 1 is 1.10 bits per heavy atom. The summed E-state index contributed by atoms with van der Waals surface area (Å²) in [7, 11) is -2.73. The fourth-order valence-corrected chi connectivity index (χ4v) is 4.27. The first kappa shape index (κ1) is 22.9. The molecule has 0 saturated carbocycles. The summed E-state index contributed by atoms with van der Waals surface area (Å²) in [6.07, 6.45) is 1.63. The van der Waals surface area contributed by atoms with Gasteiger partial charge in [0.25, 0.3) is 0 Å². The minimum atomic E-state index is -4.11. The highest BCUT2D eigenvalue weighted by molar-refractivity contribution is 9.10. The van der Waals surface area contributed by atoms with Crippen molar-refractivity contribution in [3.8, 4) is 17.6 Å². The molecule has 0 fully saturated rings. The van der Waals surface area contributed by atoms with E-state index in [1.54, 1.807) is 24.3 Å². The summed E-state index contributed by atoms with van der Waals surface area (Å²) in [6.45, 7) is 1.85. The van der Waals surface area contributed by atoms with Crippen molar-refractivity contribution in [1.82, 2.24) is 0 Å². The molecule has 0 aliphatic carbocycles. The smallest absolute Gasteiger partial charge is 0.339 e. The van der Waals surface area contributed by atoms with E-state index in [0.717, 1.165) is 15.6 Å². The molecule has 3 aromatic carbocycles. The maximum Gasteiger partial charge on any atom is 0.339 e. The Kier molecular flexibility index (Phi) is 7.06. The van der Waals surface area contributed by atoms with Gasteiger partial charge in [-0.15, -0.1) is 0 Å². The van der Waals surface area contributed by atoms with Crippen LogP contribution in [0, 0.1) is 18.3 Å². The third-order valence-electron chi connectivity index (χ3n) is 4.34. The second-order valence-corrected chi connectivity index (χ2v) is 9.43. The summed E-state index contributed by atoms with van der Waals surface area (Å²) in [5, 5.41) is 9.60. The summed E-state index contributed by atoms with van der Waals surface area (Å²) in [5.74, 6) is 0.00609. The number of ether oxygens (including phenoxy) is 1. The first-order valence-electron chi connectivity index (χ1n) is 9.00. The molecule has 8 heteroatoms. The second-order valence-electron chi connectivity index (χ2n) is 6.56. The van der Waals surface area contributed by atoms with Crippen LogP contribution in [0.1, 0.15) is 16.7 Å². The minimum Gasteiger partial charge on any atom is -0.493 e. The van der Waals surface area contributed by atoms with Crippen molar-refractivity contribution in [2.75, 3.05) is 7.11 Å². The van der Waals surface area contributed by atoms with Crippen LogP contribution in [0.4, 0.5) is 0 Å². The van der Waals surface area contributed by atoms with Crippen molar-refractivity contribution in [1.29, 1.82) is 5.26 Å². The Bertz CT molecular complexity index is 1280. The van der Waals surface area contributed by atoms with Crippen LogP contribution in [0.15, 0.2) is 70.0 Å². The molecule has 0 aliphatic rings. The quantitative estimate of drug-likeness (QED) is 0.219. The van der Waals surface area contributed by atoms with Crippen LogP contribution in [-0.4, -0.2) is 15.5 Å². The van der Waals surface area contributed by atoms with E-state index in [-0.39, 0.29) is 21.4 Å². The van der Waals surface area contributed by atoms with E-state index in [4.69, 9.17) is 20.5 Å². The van der Waals surface area contributed by atoms with Gasteiger partial charge in [-0.1, -0.05) is 57.4 Å². The van der Waals surface area contributed by atoms with Crippen molar-refractivity contribution in [3.05, 3.63) is 86.8 Å². The Hall–Kier alpha value is -2.79. The number of methoxy groups -OCH3 is 1. The summed E-state index contributed by atoms with van der Waals surface area (Å²) >= 11 is 9.70. The van der Waals surface area contributed by atoms with Gasteiger partial charge in [-0.2, -0.15) is 13.7 Å². The minimum absolute atomic E-state index is 0.00203. The van der Waals surface area contributed by atoms with E-state index in [0.29, 0.717) is 11.1 Å². The molecule has 0 amide bonds. The van der Waals surface area contributed by atoms with Crippen LogP contribution in [0.5, 0.6) is 11.5 Å². The third kappa shape index (κ3) is 5.47. The maximum absolute atomic E-state index is 12.7. The number of halogens is 2. The Morgan fingerprint density at radius 3 is 2.32 bits per heavy atom. The molecule has 0 aromatic heterocycles. The SMILES string of the molecule is COc1cc(/C=C(\C#N)c2ccc(Br)cc2)cc(Cl)c1OS(=O)(=O)c1ccc(C)cc1. The van der Waals surface area contributed by atoms with Crippen molar-refractivity contribution >= 4 is 49.3 Å². The first-order chi connectivity index (χ1) is 14.7. The average Bonchev–Trinajstić information content (AvgIpc) is 2.74. The molecule has 0 spiro atoms. The van der Waals surface area contributed by atoms with E-state index < -0.39 is 10.1 Å². The lowest BCUT2D eigenvalue weighted by Gasteiger charge is -2.13. The molecule has 3 aromatic rings. The van der Waals surface area contributed by atoms with Crippen LogP contribution < -0.4 is 8.92 Å². The highest BCUT2D eigenvalue weighted by atomic mass is 79.9. The van der Waals surface area contributed by atoms with Crippen LogP contribution in [0.3, 0.4) is 0 Å². The van der Waals surface area contributed by atoms with E-state index in [1.165, 1.54) is 25.3 Å². The number of aryl methyl sites for hydroxylation is 1. The predicted octanol–water partition coefficient (Wildman–Crippen LogP) is 6.25. The van der Waals surface area contributed by atoms with Crippen LogP contribution in [0.25, 0.3) is 11.6 Å². The molecule has 0 radical (unpaired) electrons. The summed E-state index contributed by atoms with van der Waals surface area (Å²) in [6, 6.07) is 18.8. The van der Waals surface area contributed by atoms with Gasteiger partial charge in [0.2, 0.25) is 5.75 Å². The van der Waals surface area contributed by atoms with E-state index in [9.17, 15) is 13.7 Å². The molecule has 0 saturated heterocycles. The molecule has 3 rings (SSSR count). The number of nitriles is 1. The number of rotatable bonds is 6. The lowest BCUT2D eigenvalue weighted by molar-refractivity contribution is 0.390. The molecule has 5 nitrogen and oxygen atoms in total. The van der Waals surface area contributed by atoms with Crippen LogP contribution in [0.2, 0.25) is 5.02 Å². The molecule has 0 atom stereocenters. The first-order valence-corrected chi connectivity index (χ1v) is 11.6. The van der Waals surface area contributed by atoms with Gasteiger partial charge in [0.1, 0.15) is 4.90 Å². The van der Waals surface area contributed by atoms with Gasteiger partial charge < -0.3 is 8.92 Å². The molecule has 0 unspecified atom stereocenters. The van der Waals surface area contributed by atoms with Crippen molar-refractivity contribution in [2.24, 2.45) is 0 Å².